The lowest BCUT2D eigenvalue weighted by molar-refractivity contribution is 0.491. The molecular formula is C25H22OP2. The van der Waals surface area contributed by atoms with Crippen molar-refractivity contribution in [3.63, 3.8) is 0 Å². The topological polar surface area (TPSA) is 9.23 Å². The Morgan fingerprint density at radius 3 is 1.68 bits per heavy atom. The van der Waals surface area contributed by atoms with E-state index in [1.54, 1.807) is 0 Å². The highest BCUT2D eigenvalue weighted by molar-refractivity contribution is 7.80. The van der Waals surface area contributed by atoms with Crippen LogP contribution in [0.15, 0.2) is 109 Å². The first-order valence-electron chi connectivity index (χ1n) is 9.31. The summed E-state index contributed by atoms with van der Waals surface area (Å²) in [6, 6.07) is 38.3. The maximum Gasteiger partial charge on any atom is 0.135 e. The van der Waals surface area contributed by atoms with E-state index in [-0.39, 0.29) is 0 Å². The minimum absolute atomic E-state index is 0.698. The van der Waals surface area contributed by atoms with Gasteiger partial charge >= 0.3 is 0 Å². The molecule has 3 heteroatoms. The van der Waals surface area contributed by atoms with Crippen molar-refractivity contribution in [2.24, 2.45) is 0 Å². The third-order valence-electron chi connectivity index (χ3n) is 4.51. The highest BCUT2D eigenvalue weighted by Gasteiger charge is 2.20. The van der Waals surface area contributed by atoms with Crippen molar-refractivity contribution in [2.75, 3.05) is 6.66 Å². The van der Waals surface area contributed by atoms with Crippen LogP contribution in [0.25, 0.3) is 0 Å². The first kappa shape index (κ1) is 18.9. The number of rotatable bonds is 6. The van der Waals surface area contributed by atoms with Crippen molar-refractivity contribution < 1.29 is 4.74 Å². The molecule has 138 valence electrons. The fourth-order valence-corrected chi connectivity index (χ4v) is 6.20. The van der Waals surface area contributed by atoms with Gasteiger partial charge in [0.25, 0.3) is 0 Å². The molecule has 0 radical (unpaired) electrons. The fourth-order valence-electron chi connectivity index (χ4n) is 3.19. The molecule has 0 aromatic heterocycles. The van der Waals surface area contributed by atoms with Gasteiger partial charge in [0, 0.05) is 10.6 Å². The van der Waals surface area contributed by atoms with Crippen LogP contribution in [0, 0.1) is 0 Å². The lowest BCUT2D eigenvalue weighted by Crippen LogP contribution is -2.21. The van der Waals surface area contributed by atoms with Crippen molar-refractivity contribution in [1.29, 1.82) is 0 Å². The second kappa shape index (κ2) is 9.16. The molecule has 0 N–H and O–H groups in total. The largest absolute Gasteiger partial charge is 0.456 e. The Bertz CT molecular complexity index is 993. The molecule has 0 aliphatic carbocycles. The van der Waals surface area contributed by atoms with E-state index in [1.165, 1.54) is 21.2 Å². The van der Waals surface area contributed by atoms with Gasteiger partial charge in [-0.1, -0.05) is 106 Å². The van der Waals surface area contributed by atoms with E-state index in [0.717, 1.165) is 11.5 Å². The summed E-state index contributed by atoms with van der Waals surface area (Å²) in [6.45, 7) is 2.19. The van der Waals surface area contributed by atoms with Gasteiger partial charge in [0.1, 0.15) is 11.5 Å². The maximum absolute atomic E-state index is 6.48. The Morgan fingerprint density at radius 2 is 1.07 bits per heavy atom. The molecule has 28 heavy (non-hydrogen) atoms. The van der Waals surface area contributed by atoms with E-state index in [4.69, 9.17) is 4.74 Å². The van der Waals surface area contributed by atoms with Crippen LogP contribution in [0.5, 0.6) is 11.5 Å². The van der Waals surface area contributed by atoms with Crippen LogP contribution < -0.4 is 26.0 Å². The first-order valence-corrected chi connectivity index (χ1v) is 12.1. The highest BCUT2D eigenvalue weighted by atomic mass is 31.1. The van der Waals surface area contributed by atoms with Crippen molar-refractivity contribution in [1.82, 2.24) is 0 Å². The minimum atomic E-state index is -0.700. The van der Waals surface area contributed by atoms with Gasteiger partial charge in [0.15, 0.2) is 0 Å². The molecule has 0 saturated heterocycles. The molecule has 0 amide bonds. The van der Waals surface area contributed by atoms with Gasteiger partial charge in [0.05, 0.1) is 0 Å². The molecule has 0 fully saturated rings. The second-order valence-electron chi connectivity index (χ2n) is 6.32. The van der Waals surface area contributed by atoms with Gasteiger partial charge in [-0.05, 0) is 37.3 Å². The molecule has 0 saturated carbocycles. The summed E-state index contributed by atoms with van der Waals surface area (Å²) < 4.78 is 6.48. The predicted molar refractivity (Wildman–Crippen MR) is 126 cm³/mol. The van der Waals surface area contributed by atoms with Crippen molar-refractivity contribution in [2.45, 2.75) is 0 Å². The zero-order valence-corrected chi connectivity index (χ0v) is 17.6. The van der Waals surface area contributed by atoms with Gasteiger partial charge in [-0.25, -0.2) is 0 Å². The molecule has 1 atom stereocenters. The Balaban J connectivity index is 1.82. The quantitative estimate of drug-likeness (QED) is 0.406. The first-order chi connectivity index (χ1) is 13.9. The van der Waals surface area contributed by atoms with Gasteiger partial charge in [-0.15, -0.1) is 0 Å². The Labute approximate surface area is 169 Å². The van der Waals surface area contributed by atoms with Crippen LogP contribution in [-0.2, 0) is 0 Å². The van der Waals surface area contributed by atoms with E-state index in [0.29, 0.717) is 8.58 Å². The maximum atomic E-state index is 6.48. The fraction of sp³-hybridized carbons (Fsp3) is 0.0400. The van der Waals surface area contributed by atoms with Crippen LogP contribution in [-0.4, -0.2) is 6.66 Å². The zero-order valence-electron chi connectivity index (χ0n) is 15.7. The van der Waals surface area contributed by atoms with E-state index in [1.807, 2.05) is 6.07 Å². The lowest BCUT2D eigenvalue weighted by atomic mass is 10.3. The van der Waals surface area contributed by atoms with Crippen LogP contribution in [0.3, 0.4) is 0 Å². The van der Waals surface area contributed by atoms with E-state index < -0.39 is 7.92 Å². The molecule has 0 spiro atoms. The summed E-state index contributed by atoms with van der Waals surface area (Å²) in [5.74, 6) is 1.89. The van der Waals surface area contributed by atoms with E-state index >= 15 is 0 Å². The lowest BCUT2D eigenvalue weighted by Gasteiger charge is -2.22. The number of hydrogen-bond acceptors (Lipinski definition) is 1. The van der Waals surface area contributed by atoms with Crippen LogP contribution in [0.4, 0.5) is 0 Å². The van der Waals surface area contributed by atoms with E-state index in [9.17, 15) is 0 Å². The molecule has 4 rings (SSSR count). The smallest absolute Gasteiger partial charge is 0.135 e. The normalized spacial score (nSPS) is 11.2. The Hall–Kier alpha value is -2.46. The number of benzene rings is 4. The molecule has 4 aromatic carbocycles. The SMILES string of the molecule is CPc1ccccc1Oc1ccccc1P(c1ccccc1)c1ccccc1. The molecule has 0 aliphatic heterocycles. The molecule has 0 bridgehead atoms. The van der Waals surface area contributed by atoms with Gasteiger partial charge < -0.3 is 4.74 Å². The highest BCUT2D eigenvalue weighted by Crippen LogP contribution is 2.37. The Kier molecular flexibility index (Phi) is 6.17. The molecule has 0 aliphatic rings. The van der Waals surface area contributed by atoms with Gasteiger partial charge in [0.2, 0.25) is 0 Å². The number of para-hydroxylation sites is 2. The number of hydrogen-bond donors (Lipinski definition) is 0. The monoisotopic (exact) mass is 400 g/mol. The summed E-state index contributed by atoms with van der Waals surface area (Å²) in [4.78, 5) is 0. The molecule has 1 nitrogen and oxygen atoms in total. The summed E-state index contributed by atoms with van der Waals surface area (Å²) in [5.41, 5.74) is 0. The minimum Gasteiger partial charge on any atom is -0.456 e. The Morgan fingerprint density at radius 1 is 0.571 bits per heavy atom. The average Bonchev–Trinajstić information content (AvgIpc) is 2.77. The van der Waals surface area contributed by atoms with Crippen molar-refractivity contribution >= 4 is 37.7 Å². The van der Waals surface area contributed by atoms with Crippen LogP contribution >= 0.6 is 16.5 Å². The third kappa shape index (κ3) is 4.17. The second-order valence-corrected chi connectivity index (χ2v) is 9.55. The van der Waals surface area contributed by atoms with E-state index in [2.05, 4.69) is 110 Å². The molecule has 1 unspecified atom stereocenters. The van der Waals surface area contributed by atoms with Crippen molar-refractivity contribution in [3.05, 3.63) is 109 Å². The zero-order chi connectivity index (χ0) is 19.2. The summed E-state index contributed by atoms with van der Waals surface area (Å²) in [5, 5.41) is 5.14. The third-order valence-corrected chi connectivity index (χ3v) is 7.94. The molecular weight excluding hydrogens is 378 g/mol. The van der Waals surface area contributed by atoms with Crippen molar-refractivity contribution in [3.8, 4) is 11.5 Å². The summed E-state index contributed by atoms with van der Waals surface area (Å²) in [7, 11) is -0.00176. The summed E-state index contributed by atoms with van der Waals surface area (Å²) in [6.07, 6.45) is 0. The standard InChI is InChI=1S/C25H22OP2/c1-27-24-18-10-8-16-22(24)26-23-17-9-11-19-25(23)28(20-12-4-2-5-13-20)21-14-6-3-7-15-21/h2-19,27H,1H3. The van der Waals surface area contributed by atoms with Crippen LogP contribution in [0.2, 0.25) is 0 Å². The molecule has 0 heterocycles. The summed E-state index contributed by atoms with van der Waals surface area (Å²) >= 11 is 0. The van der Waals surface area contributed by atoms with Crippen LogP contribution in [0.1, 0.15) is 0 Å². The van der Waals surface area contributed by atoms with Gasteiger partial charge in [-0.2, -0.15) is 0 Å². The average molecular weight is 400 g/mol. The predicted octanol–water partition coefficient (Wildman–Crippen LogP) is 5.17. The molecule has 4 aromatic rings. The van der Waals surface area contributed by atoms with Gasteiger partial charge in [-0.3, -0.25) is 0 Å². The number of ether oxygens (including phenoxy) is 1.